The van der Waals surface area contributed by atoms with Crippen LogP contribution in [0.2, 0.25) is 0 Å². The summed E-state index contributed by atoms with van der Waals surface area (Å²) in [4.78, 5) is 23.0. The molecule has 0 aliphatic carbocycles. The Morgan fingerprint density at radius 1 is 1.11 bits per heavy atom. The van der Waals surface area contributed by atoms with E-state index in [-0.39, 0.29) is 18.3 Å². The number of thiazole rings is 1. The average Bonchev–Trinajstić information content (AvgIpc) is 3.25. The van der Waals surface area contributed by atoms with E-state index in [9.17, 15) is 4.79 Å². The first-order valence-corrected chi connectivity index (χ1v) is 10.5. The molecule has 0 aliphatic rings. The van der Waals surface area contributed by atoms with Gasteiger partial charge in [-0.15, -0.1) is 23.7 Å². The van der Waals surface area contributed by atoms with E-state index in [1.54, 1.807) is 22.7 Å². The Balaban J connectivity index is 0.00000261. The lowest BCUT2D eigenvalue weighted by Gasteiger charge is -2.20. The summed E-state index contributed by atoms with van der Waals surface area (Å²) in [5, 5.41) is 2.83. The van der Waals surface area contributed by atoms with E-state index in [1.165, 1.54) is 10.3 Å². The molecule has 146 valence electrons. The SMILES string of the molecule is Cc1ccc(C)c2sc(N(CCCN(C)C)C(=O)Cc3cccs3)nc12.Cl. The molecule has 2 heterocycles. The molecular formula is C20H26ClN3OS2. The van der Waals surface area contributed by atoms with Crippen LogP contribution in [0, 0.1) is 13.8 Å². The van der Waals surface area contributed by atoms with E-state index in [2.05, 4.69) is 45.0 Å². The summed E-state index contributed by atoms with van der Waals surface area (Å²) in [6.45, 7) is 5.83. The van der Waals surface area contributed by atoms with Gasteiger partial charge in [0.05, 0.1) is 16.6 Å². The number of nitrogens with zero attached hydrogens (tertiary/aromatic N) is 3. The topological polar surface area (TPSA) is 36.4 Å². The molecule has 0 N–H and O–H groups in total. The van der Waals surface area contributed by atoms with Crippen molar-refractivity contribution in [2.45, 2.75) is 26.7 Å². The van der Waals surface area contributed by atoms with Gasteiger partial charge in [0.2, 0.25) is 5.91 Å². The highest BCUT2D eigenvalue weighted by Crippen LogP contribution is 2.33. The molecule has 3 rings (SSSR count). The van der Waals surface area contributed by atoms with Gasteiger partial charge in [0.1, 0.15) is 0 Å². The molecule has 0 unspecified atom stereocenters. The first-order chi connectivity index (χ1) is 12.5. The van der Waals surface area contributed by atoms with E-state index in [0.29, 0.717) is 13.0 Å². The molecule has 3 aromatic rings. The number of hydrogen-bond donors (Lipinski definition) is 0. The number of aromatic nitrogens is 1. The molecular weight excluding hydrogens is 398 g/mol. The van der Waals surface area contributed by atoms with Crippen molar-refractivity contribution in [3.05, 3.63) is 45.6 Å². The average molecular weight is 424 g/mol. The molecule has 0 saturated heterocycles. The number of anilines is 1. The smallest absolute Gasteiger partial charge is 0.234 e. The third-order valence-corrected chi connectivity index (χ3v) is 6.45. The van der Waals surface area contributed by atoms with Crippen LogP contribution in [0.15, 0.2) is 29.6 Å². The summed E-state index contributed by atoms with van der Waals surface area (Å²) in [6, 6.07) is 8.25. The van der Waals surface area contributed by atoms with Crippen molar-refractivity contribution in [2.75, 3.05) is 32.1 Å². The van der Waals surface area contributed by atoms with Crippen molar-refractivity contribution >= 4 is 56.3 Å². The zero-order valence-corrected chi connectivity index (χ0v) is 18.6. The van der Waals surface area contributed by atoms with E-state index in [0.717, 1.165) is 34.1 Å². The lowest BCUT2D eigenvalue weighted by atomic mass is 10.1. The van der Waals surface area contributed by atoms with Gasteiger partial charge in [-0.1, -0.05) is 29.5 Å². The van der Waals surface area contributed by atoms with Crippen LogP contribution in [0.4, 0.5) is 5.13 Å². The van der Waals surface area contributed by atoms with Crippen molar-refractivity contribution in [1.29, 1.82) is 0 Å². The number of fused-ring (bicyclic) bond motifs is 1. The Bertz CT molecular complexity index is 851. The summed E-state index contributed by atoms with van der Waals surface area (Å²) < 4.78 is 1.18. The molecule has 1 amide bonds. The molecule has 0 atom stereocenters. The molecule has 0 radical (unpaired) electrons. The zero-order valence-electron chi connectivity index (χ0n) is 16.2. The van der Waals surface area contributed by atoms with E-state index in [4.69, 9.17) is 4.98 Å². The highest BCUT2D eigenvalue weighted by molar-refractivity contribution is 7.22. The van der Waals surface area contributed by atoms with E-state index < -0.39 is 0 Å². The Morgan fingerprint density at radius 2 is 1.85 bits per heavy atom. The van der Waals surface area contributed by atoms with Gasteiger partial charge in [-0.3, -0.25) is 9.69 Å². The monoisotopic (exact) mass is 423 g/mol. The number of rotatable bonds is 7. The number of halogens is 1. The van der Waals surface area contributed by atoms with Crippen LogP contribution >= 0.6 is 35.1 Å². The third-order valence-electron chi connectivity index (χ3n) is 4.36. The molecule has 0 aliphatic heterocycles. The summed E-state index contributed by atoms with van der Waals surface area (Å²) in [5.41, 5.74) is 3.40. The summed E-state index contributed by atoms with van der Waals surface area (Å²) in [7, 11) is 4.12. The number of benzene rings is 1. The Morgan fingerprint density at radius 3 is 2.48 bits per heavy atom. The van der Waals surface area contributed by atoms with Crippen molar-refractivity contribution in [1.82, 2.24) is 9.88 Å². The maximum Gasteiger partial charge on any atom is 0.234 e. The van der Waals surface area contributed by atoms with Crippen LogP contribution in [-0.2, 0) is 11.2 Å². The van der Waals surface area contributed by atoms with E-state index in [1.807, 2.05) is 22.4 Å². The van der Waals surface area contributed by atoms with Gasteiger partial charge in [0.15, 0.2) is 5.13 Å². The van der Waals surface area contributed by atoms with Crippen LogP contribution in [0.5, 0.6) is 0 Å². The van der Waals surface area contributed by atoms with Crippen molar-refractivity contribution in [3.63, 3.8) is 0 Å². The summed E-state index contributed by atoms with van der Waals surface area (Å²) in [5.74, 6) is 0.126. The maximum absolute atomic E-state index is 13.0. The van der Waals surface area contributed by atoms with Crippen LogP contribution in [-0.4, -0.2) is 43.0 Å². The highest BCUT2D eigenvalue weighted by Gasteiger charge is 2.21. The van der Waals surface area contributed by atoms with Crippen molar-refractivity contribution in [3.8, 4) is 0 Å². The molecule has 0 spiro atoms. The first kappa shape index (κ1) is 21.8. The number of hydrogen-bond acceptors (Lipinski definition) is 5. The number of carbonyl (C=O) groups excluding carboxylic acids is 1. The largest absolute Gasteiger partial charge is 0.309 e. The minimum absolute atomic E-state index is 0. The molecule has 4 nitrogen and oxygen atoms in total. The van der Waals surface area contributed by atoms with Gasteiger partial charge >= 0.3 is 0 Å². The highest BCUT2D eigenvalue weighted by atomic mass is 35.5. The molecule has 2 aromatic heterocycles. The third kappa shape index (κ3) is 5.29. The maximum atomic E-state index is 13.0. The van der Waals surface area contributed by atoms with Crippen LogP contribution in [0.25, 0.3) is 10.2 Å². The lowest BCUT2D eigenvalue weighted by Crippen LogP contribution is -2.34. The molecule has 0 saturated carbocycles. The fourth-order valence-corrected chi connectivity index (χ4v) is 4.74. The first-order valence-electron chi connectivity index (χ1n) is 8.80. The van der Waals surface area contributed by atoms with E-state index >= 15 is 0 Å². The Hall–Kier alpha value is -1.47. The molecule has 1 aromatic carbocycles. The quantitative estimate of drug-likeness (QED) is 0.540. The molecule has 27 heavy (non-hydrogen) atoms. The number of carbonyl (C=O) groups is 1. The van der Waals surface area contributed by atoms with Gasteiger partial charge in [0, 0.05) is 11.4 Å². The van der Waals surface area contributed by atoms with Crippen LogP contribution in [0.1, 0.15) is 22.4 Å². The second-order valence-electron chi connectivity index (χ2n) is 6.83. The van der Waals surface area contributed by atoms with Crippen molar-refractivity contribution in [2.24, 2.45) is 0 Å². The zero-order chi connectivity index (χ0) is 18.7. The predicted octanol–water partition coefficient (Wildman–Crippen LogP) is 4.92. The number of amides is 1. The Labute approximate surface area is 175 Å². The lowest BCUT2D eigenvalue weighted by molar-refractivity contribution is -0.118. The van der Waals surface area contributed by atoms with Crippen molar-refractivity contribution < 1.29 is 4.79 Å². The number of aryl methyl sites for hydroxylation is 2. The van der Waals surface area contributed by atoms with Crippen LogP contribution < -0.4 is 4.90 Å². The molecule has 7 heteroatoms. The molecule has 0 bridgehead atoms. The summed E-state index contributed by atoms with van der Waals surface area (Å²) >= 11 is 3.26. The fourth-order valence-electron chi connectivity index (χ4n) is 2.89. The van der Waals surface area contributed by atoms with Gasteiger partial charge in [0.25, 0.3) is 0 Å². The van der Waals surface area contributed by atoms with Gasteiger partial charge in [-0.2, -0.15) is 0 Å². The number of thiophene rings is 1. The Kier molecular flexibility index (Phi) is 7.79. The normalized spacial score (nSPS) is 11.0. The minimum Gasteiger partial charge on any atom is -0.309 e. The van der Waals surface area contributed by atoms with Gasteiger partial charge in [-0.05, 0) is 63.5 Å². The second kappa shape index (κ2) is 9.64. The fraction of sp³-hybridized carbons (Fsp3) is 0.400. The second-order valence-corrected chi connectivity index (χ2v) is 8.84. The minimum atomic E-state index is 0. The van der Waals surface area contributed by atoms with Gasteiger partial charge < -0.3 is 4.90 Å². The van der Waals surface area contributed by atoms with Crippen LogP contribution in [0.3, 0.4) is 0 Å². The standard InChI is InChI=1S/C20H25N3OS2.ClH/c1-14-8-9-15(2)19-18(14)21-20(26-19)23(11-6-10-22(3)4)17(24)13-16-7-5-12-25-16;/h5,7-9,12H,6,10-11,13H2,1-4H3;1H. The predicted molar refractivity (Wildman–Crippen MR) is 120 cm³/mol. The summed E-state index contributed by atoms with van der Waals surface area (Å²) in [6.07, 6.45) is 1.37. The van der Waals surface area contributed by atoms with Gasteiger partial charge in [-0.25, -0.2) is 4.98 Å². The molecule has 0 fully saturated rings.